The zero-order valence-corrected chi connectivity index (χ0v) is 10.9. The van der Waals surface area contributed by atoms with Crippen LogP contribution in [0.5, 0.6) is 5.75 Å². The molecule has 0 saturated carbocycles. The average molecular weight is 281 g/mol. The maximum absolute atomic E-state index is 13.5. The van der Waals surface area contributed by atoms with Crippen molar-refractivity contribution in [3.63, 3.8) is 0 Å². The van der Waals surface area contributed by atoms with Crippen molar-refractivity contribution in [2.45, 2.75) is 19.6 Å². The first kappa shape index (κ1) is 14.4. The van der Waals surface area contributed by atoms with Gasteiger partial charge in [0.1, 0.15) is 18.2 Å². The van der Waals surface area contributed by atoms with E-state index in [2.05, 4.69) is 0 Å². The van der Waals surface area contributed by atoms with E-state index in [1.54, 1.807) is 6.92 Å². The van der Waals surface area contributed by atoms with Crippen LogP contribution in [0.2, 0.25) is 0 Å². The third-order valence-corrected chi connectivity index (χ3v) is 2.88. The van der Waals surface area contributed by atoms with Crippen LogP contribution in [0.3, 0.4) is 0 Å². The van der Waals surface area contributed by atoms with E-state index in [-0.39, 0.29) is 24.0 Å². The highest BCUT2D eigenvalue weighted by Gasteiger charge is 2.12. The smallest absolute Gasteiger partial charge is 0.165 e. The van der Waals surface area contributed by atoms with E-state index in [1.807, 2.05) is 0 Å². The molecule has 106 valence electrons. The minimum absolute atomic E-state index is 0.0601. The van der Waals surface area contributed by atoms with Crippen LogP contribution >= 0.6 is 0 Å². The Hall–Kier alpha value is -2.01. The predicted octanol–water partition coefficient (Wildman–Crippen LogP) is 3.70. The molecule has 2 aromatic rings. The molecule has 0 spiro atoms. The molecular weight excluding hydrogens is 267 g/mol. The SMILES string of the molecule is CC(N)c1ccc(F)cc1OCc1cccc(F)c1F. The number of halogens is 3. The second-order valence-corrected chi connectivity index (χ2v) is 4.47. The minimum Gasteiger partial charge on any atom is -0.488 e. The zero-order valence-electron chi connectivity index (χ0n) is 10.9. The van der Waals surface area contributed by atoms with Gasteiger partial charge in [0.05, 0.1) is 0 Å². The fourth-order valence-corrected chi connectivity index (χ4v) is 1.82. The van der Waals surface area contributed by atoms with Gasteiger partial charge in [-0.1, -0.05) is 18.2 Å². The Bertz CT molecular complexity index is 614. The molecule has 2 rings (SSSR count). The normalized spacial score (nSPS) is 12.2. The Morgan fingerprint density at radius 2 is 1.90 bits per heavy atom. The summed E-state index contributed by atoms with van der Waals surface area (Å²) in [5.41, 5.74) is 6.41. The van der Waals surface area contributed by atoms with Gasteiger partial charge in [0.25, 0.3) is 0 Å². The summed E-state index contributed by atoms with van der Waals surface area (Å²) in [4.78, 5) is 0. The monoisotopic (exact) mass is 281 g/mol. The zero-order chi connectivity index (χ0) is 14.7. The summed E-state index contributed by atoms with van der Waals surface area (Å²) < 4.78 is 45.2. The molecule has 0 aliphatic carbocycles. The molecule has 0 radical (unpaired) electrons. The number of benzene rings is 2. The molecule has 0 aliphatic heterocycles. The Balaban J connectivity index is 2.22. The summed E-state index contributed by atoms with van der Waals surface area (Å²) in [6.45, 7) is 1.52. The lowest BCUT2D eigenvalue weighted by atomic mass is 10.1. The molecule has 0 aromatic heterocycles. The van der Waals surface area contributed by atoms with Gasteiger partial charge in [0.15, 0.2) is 11.6 Å². The van der Waals surface area contributed by atoms with Gasteiger partial charge in [0.2, 0.25) is 0 Å². The molecule has 1 unspecified atom stereocenters. The molecule has 0 fully saturated rings. The average Bonchev–Trinajstić information content (AvgIpc) is 2.40. The summed E-state index contributed by atoms with van der Waals surface area (Å²) in [5, 5.41) is 0. The Kier molecular flexibility index (Phi) is 4.29. The van der Waals surface area contributed by atoms with Crippen LogP contribution in [0.25, 0.3) is 0 Å². The molecule has 0 saturated heterocycles. The lowest BCUT2D eigenvalue weighted by Crippen LogP contribution is -2.09. The van der Waals surface area contributed by atoms with Gasteiger partial charge in [-0.15, -0.1) is 0 Å². The third kappa shape index (κ3) is 3.11. The van der Waals surface area contributed by atoms with Crippen LogP contribution in [0.1, 0.15) is 24.1 Å². The van der Waals surface area contributed by atoms with E-state index in [4.69, 9.17) is 10.5 Å². The van der Waals surface area contributed by atoms with Gasteiger partial charge in [-0.05, 0) is 19.1 Å². The largest absolute Gasteiger partial charge is 0.488 e. The van der Waals surface area contributed by atoms with Gasteiger partial charge in [0, 0.05) is 23.2 Å². The number of hydrogen-bond donors (Lipinski definition) is 1. The second-order valence-electron chi connectivity index (χ2n) is 4.47. The van der Waals surface area contributed by atoms with E-state index in [1.165, 1.54) is 30.3 Å². The summed E-state index contributed by atoms with van der Waals surface area (Å²) >= 11 is 0. The number of hydrogen-bond acceptors (Lipinski definition) is 2. The van der Waals surface area contributed by atoms with E-state index >= 15 is 0 Å². The van der Waals surface area contributed by atoms with Gasteiger partial charge < -0.3 is 10.5 Å². The second kappa shape index (κ2) is 5.96. The maximum atomic E-state index is 13.5. The van der Waals surface area contributed by atoms with E-state index in [0.29, 0.717) is 5.56 Å². The number of nitrogens with two attached hydrogens (primary N) is 1. The molecule has 0 heterocycles. The molecule has 20 heavy (non-hydrogen) atoms. The quantitative estimate of drug-likeness (QED) is 0.927. The highest BCUT2D eigenvalue weighted by Crippen LogP contribution is 2.26. The van der Waals surface area contributed by atoms with Crippen LogP contribution in [-0.2, 0) is 6.61 Å². The fourth-order valence-electron chi connectivity index (χ4n) is 1.82. The van der Waals surface area contributed by atoms with Crippen molar-refractivity contribution in [2.75, 3.05) is 0 Å². The highest BCUT2D eigenvalue weighted by atomic mass is 19.2. The van der Waals surface area contributed by atoms with Crippen molar-refractivity contribution in [3.8, 4) is 5.75 Å². The predicted molar refractivity (Wildman–Crippen MR) is 69.7 cm³/mol. The molecule has 1 atom stereocenters. The van der Waals surface area contributed by atoms with Crippen molar-refractivity contribution in [3.05, 3.63) is 65.0 Å². The van der Waals surface area contributed by atoms with Crippen LogP contribution in [0.15, 0.2) is 36.4 Å². The summed E-state index contributed by atoms with van der Waals surface area (Å²) in [7, 11) is 0. The Labute approximate surface area is 115 Å². The van der Waals surface area contributed by atoms with Crippen molar-refractivity contribution in [1.29, 1.82) is 0 Å². The fraction of sp³-hybridized carbons (Fsp3) is 0.200. The van der Waals surface area contributed by atoms with E-state index in [0.717, 1.165) is 6.07 Å². The molecule has 2 nitrogen and oxygen atoms in total. The molecule has 0 amide bonds. The Morgan fingerprint density at radius 3 is 2.60 bits per heavy atom. The molecule has 2 aromatic carbocycles. The van der Waals surface area contributed by atoms with Crippen molar-refractivity contribution >= 4 is 0 Å². The topological polar surface area (TPSA) is 35.2 Å². The van der Waals surface area contributed by atoms with Crippen LogP contribution in [-0.4, -0.2) is 0 Å². The number of rotatable bonds is 4. The van der Waals surface area contributed by atoms with Gasteiger partial charge in [-0.3, -0.25) is 0 Å². The van der Waals surface area contributed by atoms with Crippen molar-refractivity contribution < 1.29 is 17.9 Å². The van der Waals surface area contributed by atoms with Gasteiger partial charge in [-0.25, -0.2) is 13.2 Å². The van der Waals surface area contributed by atoms with Gasteiger partial charge >= 0.3 is 0 Å². The summed E-state index contributed by atoms with van der Waals surface area (Å²) in [5.74, 6) is -2.17. The minimum atomic E-state index is -0.966. The Morgan fingerprint density at radius 1 is 1.15 bits per heavy atom. The summed E-state index contributed by atoms with van der Waals surface area (Å²) in [6.07, 6.45) is 0. The molecule has 2 N–H and O–H groups in total. The van der Waals surface area contributed by atoms with Crippen molar-refractivity contribution in [2.24, 2.45) is 5.73 Å². The molecule has 5 heteroatoms. The lowest BCUT2D eigenvalue weighted by Gasteiger charge is -2.14. The van der Waals surface area contributed by atoms with Crippen LogP contribution in [0, 0.1) is 17.5 Å². The van der Waals surface area contributed by atoms with Crippen molar-refractivity contribution in [1.82, 2.24) is 0 Å². The third-order valence-electron chi connectivity index (χ3n) is 2.88. The molecule has 0 aliphatic rings. The van der Waals surface area contributed by atoms with E-state index < -0.39 is 17.5 Å². The summed E-state index contributed by atoms with van der Waals surface area (Å²) in [6, 6.07) is 7.41. The number of ether oxygens (including phenoxy) is 1. The first-order valence-electron chi connectivity index (χ1n) is 6.09. The first-order chi connectivity index (χ1) is 9.49. The van der Waals surface area contributed by atoms with E-state index in [9.17, 15) is 13.2 Å². The van der Waals surface area contributed by atoms with Crippen LogP contribution in [0.4, 0.5) is 13.2 Å². The standard InChI is InChI=1S/C15H14F3NO/c1-9(19)12-6-5-11(16)7-14(12)20-8-10-3-2-4-13(17)15(10)18/h2-7,9H,8,19H2,1H3. The first-order valence-corrected chi connectivity index (χ1v) is 6.09. The lowest BCUT2D eigenvalue weighted by molar-refractivity contribution is 0.291. The maximum Gasteiger partial charge on any atom is 0.165 e. The van der Waals surface area contributed by atoms with Crippen LogP contribution < -0.4 is 10.5 Å². The highest BCUT2D eigenvalue weighted by molar-refractivity contribution is 5.36. The molecule has 0 bridgehead atoms. The van der Waals surface area contributed by atoms with Gasteiger partial charge in [-0.2, -0.15) is 0 Å². The molecular formula is C15H14F3NO.